The Hall–Kier alpha value is -1.05. The maximum absolute atomic E-state index is 9.64. The Balaban J connectivity index is 2.33. The smallest absolute Gasteiger partial charge is 0.103 e. The number of anilines is 1. The molecule has 0 radical (unpaired) electrons. The van der Waals surface area contributed by atoms with Crippen molar-refractivity contribution in [3.05, 3.63) is 28.2 Å². The first kappa shape index (κ1) is 11.4. The minimum Gasteiger partial charge on any atom is -0.391 e. The SMILES string of the molecule is N#Cc1c(Br)cccc1N1CCCC(O)C1. The molecule has 0 saturated carbocycles. The molecule has 0 spiro atoms. The number of rotatable bonds is 1. The molecule has 1 atom stereocenters. The lowest BCUT2D eigenvalue weighted by Gasteiger charge is -2.32. The summed E-state index contributed by atoms with van der Waals surface area (Å²) in [7, 11) is 0. The largest absolute Gasteiger partial charge is 0.391 e. The summed E-state index contributed by atoms with van der Waals surface area (Å²) < 4.78 is 0.813. The van der Waals surface area contributed by atoms with Crippen LogP contribution in [0.15, 0.2) is 22.7 Å². The number of aliphatic hydroxyl groups excluding tert-OH is 1. The molecule has 1 aromatic carbocycles. The van der Waals surface area contributed by atoms with E-state index in [-0.39, 0.29) is 6.10 Å². The Morgan fingerprint density at radius 1 is 1.50 bits per heavy atom. The van der Waals surface area contributed by atoms with Gasteiger partial charge in [-0.25, -0.2) is 0 Å². The maximum Gasteiger partial charge on any atom is 0.103 e. The molecule has 1 aliphatic rings. The van der Waals surface area contributed by atoms with Crippen LogP contribution < -0.4 is 4.90 Å². The molecule has 1 N–H and O–H groups in total. The first-order valence-electron chi connectivity index (χ1n) is 5.34. The molecule has 0 aliphatic carbocycles. The van der Waals surface area contributed by atoms with Crippen LogP contribution >= 0.6 is 15.9 Å². The van der Waals surface area contributed by atoms with E-state index in [0.29, 0.717) is 12.1 Å². The van der Waals surface area contributed by atoms with Crippen molar-refractivity contribution >= 4 is 21.6 Å². The minimum absolute atomic E-state index is 0.278. The average Bonchev–Trinajstić information content (AvgIpc) is 2.28. The van der Waals surface area contributed by atoms with Gasteiger partial charge in [0.1, 0.15) is 6.07 Å². The van der Waals surface area contributed by atoms with E-state index >= 15 is 0 Å². The van der Waals surface area contributed by atoms with Crippen LogP contribution in [-0.2, 0) is 0 Å². The van der Waals surface area contributed by atoms with Crippen molar-refractivity contribution < 1.29 is 5.11 Å². The number of hydrogen-bond donors (Lipinski definition) is 1. The Morgan fingerprint density at radius 3 is 3.00 bits per heavy atom. The number of nitriles is 1. The minimum atomic E-state index is -0.278. The molecule has 0 bridgehead atoms. The van der Waals surface area contributed by atoms with Gasteiger partial charge in [-0.15, -0.1) is 0 Å². The molecule has 1 aromatic rings. The molecule has 1 aliphatic heterocycles. The van der Waals surface area contributed by atoms with Gasteiger partial charge < -0.3 is 10.0 Å². The monoisotopic (exact) mass is 280 g/mol. The Morgan fingerprint density at radius 2 is 2.31 bits per heavy atom. The molecule has 16 heavy (non-hydrogen) atoms. The fourth-order valence-electron chi connectivity index (χ4n) is 2.06. The van der Waals surface area contributed by atoms with E-state index < -0.39 is 0 Å². The predicted molar refractivity (Wildman–Crippen MR) is 66.3 cm³/mol. The van der Waals surface area contributed by atoms with Gasteiger partial charge in [-0.2, -0.15) is 5.26 Å². The summed E-state index contributed by atoms with van der Waals surface area (Å²) in [5, 5.41) is 18.8. The van der Waals surface area contributed by atoms with Crippen LogP contribution in [0.25, 0.3) is 0 Å². The van der Waals surface area contributed by atoms with Crippen LogP contribution in [0.5, 0.6) is 0 Å². The quantitative estimate of drug-likeness (QED) is 0.859. The second kappa shape index (κ2) is 4.86. The van der Waals surface area contributed by atoms with E-state index in [2.05, 4.69) is 26.9 Å². The molecular formula is C12H13BrN2O. The Bertz CT molecular complexity index is 428. The van der Waals surface area contributed by atoms with Crippen LogP contribution in [-0.4, -0.2) is 24.3 Å². The zero-order valence-electron chi connectivity index (χ0n) is 8.86. The van der Waals surface area contributed by atoms with E-state index in [4.69, 9.17) is 5.26 Å². The van der Waals surface area contributed by atoms with Crippen molar-refractivity contribution in [3.8, 4) is 6.07 Å². The summed E-state index contributed by atoms with van der Waals surface area (Å²) in [6.45, 7) is 1.52. The van der Waals surface area contributed by atoms with Gasteiger partial charge in [0, 0.05) is 17.6 Å². The summed E-state index contributed by atoms with van der Waals surface area (Å²) in [6.07, 6.45) is 1.55. The van der Waals surface area contributed by atoms with Crippen molar-refractivity contribution in [2.45, 2.75) is 18.9 Å². The molecule has 4 heteroatoms. The number of benzene rings is 1. The molecule has 3 nitrogen and oxygen atoms in total. The number of hydrogen-bond acceptors (Lipinski definition) is 3. The lowest BCUT2D eigenvalue weighted by molar-refractivity contribution is 0.154. The summed E-state index contributed by atoms with van der Waals surface area (Å²) in [6, 6.07) is 7.92. The number of nitrogens with zero attached hydrogens (tertiary/aromatic N) is 2. The Labute approximate surface area is 103 Å². The third kappa shape index (κ3) is 2.21. The van der Waals surface area contributed by atoms with Crippen LogP contribution in [0.1, 0.15) is 18.4 Å². The molecule has 2 rings (SSSR count). The van der Waals surface area contributed by atoms with Crippen LogP contribution in [0.4, 0.5) is 5.69 Å². The van der Waals surface area contributed by atoms with Crippen molar-refractivity contribution in [3.63, 3.8) is 0 Å². The van der Waals surface area contributed by atoms with Crippen molar-refractivity contribution in [2.75, 3.05) is 18.0 Å². The topological polar surface area (TPSA) is 47.3 Å². The number of β-amino-alcohol motifs (C(OH)–C–C–N with tert-alkyl or cyclic N) is 1. The second-order valence-corrected chi connectivity index (χ2v) is 4.84. The number of halogens is 1. The third-order valence-corrected chi connectivity index (χ3v) is 3.50. The molecule has 0 aromatic heterocycles. The van der Waals surface area contributed by atoms with Crippen molar-refractivity contribution in [2.24, 2.45) is 0 Å². The number of piperidine rings is 1. The fraction of sp³-hybridized carbons (Fsp3) is 0.417. The summed E-state index contributed by atoms with van der Waals surface area (Å²) in [4.78, 5) is 2.08. The second-order valence-electron chi connectivity index (χ2n) is 3.99. The van der Waals surface area contributed by atoms with Gasteiger partial charge >= 0.3 is 0 Å². The molecule has 1 heterocycles. The third-order valence-electron chi connectivity index (χ3n) is 2.84. The highest BCUT2D eigenvalue weighted by molar-refractivity contribution is 9.10. The highest BCUT2D eigenvalue weighted by atomic mass is 79.9. The van der Waals surface area contributed by atoms with E-state index in [1.807, 2.05) is 18.2 Å². The van der Waals surface area contributed by atoms with Gasteiger partial charge in [-0.3, -0.25) is 0 Å². The zero-order chi connectivity index (χ0) is 11.5. The lowest BCUT2D eigenvalue weighted by Crippen LogP contribution is -2.38. The van der Waals surface area contributed by atoms with Gasteiger partial charge in [0.15, 0.2) is 0 Å². The first-order valence-corrected chi connectivity index (χ1v) is 6.13. The van der Waals surface area contributed by atoms with Crippen LogP contribution in [0, 0.1) is 11.3 Å². The predicted octanol–water partition coefficient (Wildman–Crippen LogP) is 2.28. The lowest BCUT2D eigenvalue weighted by atomic mass is 10.1. The Kier molecular flexibility index (Phi) is 3.47. The zero-order valence-corrected chi connectivity index (χ0v) is 10.4. The van der Waals surface area contributed by atoms with Crippen molar-refractivity contribution in [1.29, 1.82) is 5.26 Å². The molecule has 1 unspecified atom stereocenters. The molecule has 1 fully saturated rings. The van der Waals surface area contributed by atoms with E-state index in [1.165, 1.54) is 0 Å². The van der Waals surface area contributed by atoms with Crippen LogP contribution in [0.3, 0.4) is 0 Å². The fourth-order valence-corrected chi connectivity index (χ4v) is 2.50. The molecular weight excluding hydrogens is 268 g/mol. The normalized spacial score (nSPS) is 20.6. The molecule has 0 amide bonds. The van der Waals surface area contributed by atoms with E-state index in [1.54, 1.807) is 0 Å². The molecule has 1 saturated heterocycles. The summed E-state index contributed by atoms with van der Waals surface area (Å²) in [5.41, 5.74) is 1.56. The molecule has 84 valence electrons. The van der Waals surface area contributed by atoms with Gasteiger partial charge in [0.25, 0.3) is 0 Å². The van der Waals surface area contributed by atoms with Gasteiger partial charge in [-0.1, -0.05) is 6.07 Å². The van der Waals surface area contributed by atoms with Crippen molar-refractivity contribution in [1.82, 2.24) is 0 Å². The maximum atomic E-state index is 9.64. The highest BCUT2D eigenvalue weighted by Crippen LogP contribution is 2.29. The standard InChI is InChI=1S/C12H13BrN2O/c13-11-4-1-5-12(10(11)7-14)15-6-2-3-9(16)8-15/h1,4-5,9,16H,2-3,6,8H2. The average molecular weight is 281 g/mol. The van der Waals surface area contributed by atoms with E-state index in [9.17, 15) is 5.11 Å². The summed E-state index contributed by atoms with van der Waals surface area (Å²) >= 11 is 3.38. The summed E-state index contributed by atoms with van der Waals surface area (Å²) in [5.74, 6) is 0. The van der Waals surface area contributed by atoms with Gasteiger partial charge in [0.2, 0.25) is 0 Å². The first-order chi connectivity index (χ1) is 7.72. The van der Waals surface area contributed by atoms with Gasteiger partial charge in [0.05, 0.1) is 17.4 Å². The number of aliphatic hydroxyl groups is 1. The highest BCUT2D eigenvalue weighted by Gasteiger charge is 2.20. The van der Waals surface area contributed by atoms with Gasteiger partial charge in [-0.05, 0) is 40.9 Å². The van der Waals surface area contributed by atoms with Crippen LogP contribution in [0.2, 0.25) is 0 Å². The van der Waals surface area contributed by atoms with E-state index in [0.717, 1.165) is 29.5 Å².